The van der Waals surface area contributed by atoms with Crippen LogP contribution in [0.5, 0.6) is 0 Å². The Morgan fingerprint density at radius 1 is 1.38 bits per heavy atom. The molecule has 0 radical (unpaired) electrons. The minimum absolute atomic E-state index is 0. The van der Waals surface area contributed by atoms with Crippen LogP contribution in [0.25, 0.3) is 10.1 Å². The molecule has 3 rings (SSSR count). The van der Waals surface area contributed by atoms with Crippen molar-refractivity contribution in [3.63, 3.8) is 0 Å². The van der Waals surface area contributed by atoms with Gasteiger partial charge in [-0.05, 0) is 57.0 Å². The van der Waals surface area contributed by atoms with E-state index in [1.165, 1.54) is 17.4 Å². The Labute approximate surface area is 152 Å². The Morgan fingerprint density at radius 3 is 2.71 bits per heavy atom. The van der Waals surface area contributed by atoms with Gasteiger partial charge in [0.05, 0.1) is 4.88 Å². The first-order chi connectivity index (χ1) is 11.1. The van der Waals surface area contributed by atoms with Crippen LogP contribution in [0.15, 0.2) is 18.2 Å². The van der Waals surface area contributed by atoms with Gasteiger partial charge in [-0.1, -0.05) is 13.0 Å². The van der Waals surface area contributed by atoms with E-state index in [2.05, 4.69) is 12.2 Å². The highest BCUT2D eigenvalue weighted by molar-refractivity contribution is 7.21. The first kappa shape index (κ1) is 19.2. The van der Waals surface area contributed by atoms with Gasteiger partial charge in [0.2, 0.25) is 0 Å². The van der Waals surface area contributed by atoms with Gasteiger partial charge in [-0.15, -0.1) is 23.7 Å². The topological polar surface area (TPSA) is 32.3 Å². The van der Waals surface area contributed by atoms with Crippen LogP contribution in [0, 0.1) is 12.7 Å². The number of hydrogen-bond donors (Lipinski definition) is 1. The largest absolute Gasteiger partial charge is 0.335 e. The van der Waals surface area contributed by atoms with Gasteiger partial charge in [0, 0.05) is 22.7 Å². The molecule has 0 saturated carbocycles. The van der Waals surface area contributed by atoms with E-state index in [0.717, 1.165) is 49.2 Å². The molecule has 6 heteroatoms. The summed E-state index contributed by atoms with van der Waals surface area (Å²) < 4.78 is 15.0. The molecule has 0 spiro atoms. The standard InChI is InChI=1S/C18H23FN2OS.ClH/c1-3-11-21(13-7-9-20-10-8-13)18(22)17-12(2)16-14(19)5-4-6-15(16)23-17;/h4-6,13,20H,3,7-11H2,1-2H3;1H. The molecule has 1 aliphatic rings. The average molecular weight is 371 g/mol. The fourth-order valence-corrected chi connectivity index (χ4v) is 4.58. The quantitative estimate of drug-likeness (QED) is 0.866. The molecule has 1 aromatic carbocycles. The molecule has 1 fully saturated rings. The van der Waals surface area contributed by atoms with Crippen molar-refractivity contribution in [1.29, 1.82) is 0 Å². The highest BCUT2D eigenvalue weighted by Gasteiger charge is 2.28. The number of nitrogens with one attached hydrogen (secondary N) is 1. The predicted octanol–water partition coefficient (Wildman–Crippen LogP) is 4.37. The van der Waals surface area contributed by atoms with Crippen molar-refractivity contribution in [1.82, 2.24) is 10.2 Å². The van der Waals surface area contributed by atoms with Crippen LogP contribution >= 0.6 is 23.7 Å². The average Bonchev–Trinajstić information content (AvgIpc) is 2.91. The lowest BCUT2D eigenvalue weighted by atomic mass is 10.0. The summed E-state index contributed by atoms with van der Waals surface area (Å²) in [6, 6.07) is 5.35. The van der Waals surface area contributed by atoms with Gasteiger partial charge in [0.1, 0.15) is 5.82 Å². The van der Waals surface area contributed by atoms with E-state index >= 15 is 0 Å². The fourth-order valence-electron chi connectivity index (χ4n) is 3.40. The van der Waals surface area contributed by atoms with Crippen molar-refractivity contribution in [2.75, 3.05) is 19.6 Å². The van der Waals surface area contributed by atoms with Crippen LogP contribution in [0.2, 0.25) is 0 Å². The highest BCUT2D eigenvalue weighted by atomic mass is 35.5. The predicted molar refractivity (Wildman–Crippen MR) is 101 cm³/mol. The second-order valence-electron chi connectivity index (χ2n) is 6.15. The molecule has 1 saturated heterocycles. The first-order valence-electron chi connectivity index (χ1n) is 8.32. The summed E-state index contributed by atoms with van der Waals surface area (Å²) in [5, 5.41) is 3.95. The molecule has 0 bridgehead atoms. The van der Waals surface area contributed by atoms with E-state index < -0.39 is 0 Å². The summed E-state index contributed by atoms with van der Waals surface area (Å²) in [6.45, 7) is 6.64. The van der Waals surface area contributed by atoms with Gasteiger partial charge >= 0.3 is 0 Å². The number of hydrogen-bond acceptors (Lipinski definition) is 3. The number of amides is 1. The minimum Gasteiger partial charge on any atom is -0.335 e. The lowest BCUT2D eigenvalue weighted by Crippen LogP contribution is -2.46. The third-order valence-corrected chi connectivity index (χ3v) is 5.82. The number of thiophene rings is 1. The first-order valence-corrected chi connectivity index (χ1v) is 9.14. The number of halogens is 2. The Kier molecular flexibility index (Phi) is 6.61. The van der Waals surface area contributed by atoms with Crippen molar-refractivity contribution < 1.29 is 9.18 Å². The van der Waals surface area contributed by atoms with Crippen LogP contribution < -0.4 is 5.32 Å². The summed E-state index contributed by atoms with van der Waals surface area (Å²) in [4.78, 5) is 15.8. The van der Waals surface area contributed by atoms with Crippen LogP contribution in [-0.2, 0) is 0 Å². The number of fused-ring (bicyclic) bond motifs is 1. The number of nitrogens with zero attached hydrogens (tertiary/aromatic N) is 1. The fraction of sp³-hybridized carbons (Fsp3) is 0.500. The number of carbonyl (C=O) groups is 1. The third kappa shape index (κ3) is 3.58. The van der Waals surface area contributed by atoms with Gasteiger partial charge in [-0.3, -0.25) is 4.79 Å². The molecule has 1 aliphatic heterocycles. The number of piperidine rings is 1. The zero-order chi connectivity index (χ0) is 16.4. The monoisotopic (exact) mass is 370 g/mol. The molecule has 1 N–H and O–H groups in total. The number of carbonyl (C=O) groups excluding carboxylic acids is 1. The normalized spacial score (nSPS) is 15.3. The molecule has 2 heterocycles. The molecule has 24 heavy (non-hydrogen) atoms. The van der Waals surface area contributed by atoms with Crippen molar-refractivity contribution in [2.45, 2.75) is 39.2 Å². The van der Waals surface area contributed by atoms with Gasteiger partial charge in [-0.25, -0.2) is 4.39 Å². The van der Waals surface area contributed by atoms with E-state index in [1.54, 1.807) is 6.07 Å². The van der Waals surface area contributed by atoms with E-state index in [1.807, 2.05) is 17.9 Å². The summed E-state index contributed by atoms with van der Waals surface area (Å²) in [5.74, 6) is -0.170. The Morgan fingerprint density at radius 2 is 2.08 bits per heavy atom. The number of benzene rings is 1. The second-order valence-corrected chi connectivity index (χ2v) is 7.20. The van der Waals surface area contributed by atoms with Gasteiger partial charge in [0.15, 0.2) is 0 Å². The molecular weight excluding hydrogens is 347 g/mol. The molecule has 0 aliphatic carbocycles. The summed E-state index contributed by atoms with van der Waals surface area (Å²) in [5.41, 5.74) is 0.781. The molecular formula is C18H24ClFN2OS. The van der Waals surface area contributed by atoms with Crippen molar-refractivity contribution in [2.24, 2.45) is 0 Å². The molecule has 132 valence electrons. The maximum Gasteiger partial charge on any atom is 0.264 e. The second kappa shape index (κ2) is 8.28. The Balaban J connectivity index is 0.00000208. The molecule has 2 aromatic rings. The summed E-state index contributed by atoms with van der Waals surface area (Å²) >= 11 is 1.42. The van der Waals surface area contributed by atoms with Crippen LogP contribution in [0.3, 0.4) is 0 Å². The zero-order valence-electron chi connectivity index (χ0n) is 14.1. The van der Waals surface area contributed by atoms with Gasteiger partial charge < -0.3 is 10.2 Å². The third-order valence-electron chi connectivity index (χ3n) is 4.57. The SMILES string of the molecule is CCCN(C(=O)c1sc2cccc(F)c2c1C)C1CCNCC1.Cl. The Hall–Kier alpha value is -1.17. The van der Waals surface area contributed by atoms with Crippen LogP contribution in [-0.4, -0.2) is 36.5 Å². The molecule has 0 unspecified atom stereocenters. The number of rotatable bonds is 4. The lowest BCUT2D eigenvalue weighted by Gasteiger charge is -2.34. The van der Waals surface area contributed by atoms with Crippen molar-refractivity contribution >= 4 is 39.7 Å². The Bertz CT molecular complexity index is 712. The smallest absolute Gasteiger partial charge is 0.264 e. The highest BCUT2D eigenvalue weighted by Crippen LogP contribution is 2.34. The van der Waals surface area contributed by atoms with E-state index in [-0.39, 0.29) is 30.2 Å². The zero-order valence-corrected chi connectivity index (χ0v) is 15.7. The maximum atomic E-state index is 14.1. The van der Waals surface area contributed by atoms with E-state index in [4.69, 9.17) is 0 Å². The number of aryl methyl sites for hydroxylation is 1. The van der Waals surface area contributed by atoms with Crippen LogP contribution in [0.1, 0.15) is 41.4 Å². The molecule has 0 atom stereocenters. The van der Waals surface area contributed by atoms with E-state index in [0.29, 0.717) is 10.3 Å². The summed E-state index contributed by atoms with van der Waals surface area (Å²) in [6.07, 6.45) is 2.92. The maximum absolute atomic E-state index is 14.1. The van der Waals surface area contributed by atoms with E-state index in [9.17, 15) is 9.18 Å². The molecule has 1 aromatic heterocycles. The summed E-state index contributed by atoms with van der Waals surface area (Å²) in [7, 11) is 0. The van der Waals surface area contributed by atoms with Crippen molar-refractivity contribution in [3.05, 3.63) is 34.5 Å². The molecule has 3 nitrogen and oxygen atoms in total. The molecule has 1 amide bonds. The minimum atomic E-state index is -0.237. The lowest BCUT2D eigenvalue weighted by molar-refractivity contribution is 0.0647. The van der Waals surface area contributed by atoms with Gasteiger partial charge in [0.25, 0.3) is 5.91 Å². The van der Waals surface area contributed by atoms with Crippen molar-refractivity contribution in [3.8, 4) is 0 Å². The van der Waals surface area contributed by atoms with Crippen LogP contribution in [0.4, 0.5) is 4.39 Å². The van der Waals surface area contributed by atoms with Gasteiger partial charge in [-0.2, -0.15) is 0 Å².